The molecule has 0 unspecified atom stereocenters. The Morgan fingerprint density at radius 3 is 2.67 bits per heavy atom. The van der Waals surface area contributed by atoms with E-state index < -0.39 is 0 Å². The van der Waals surface area contributed by atoms with Crippen LogP contribution in [0.15, 0.2) is 23.7 Å². The van der Waals surface area contributed by atoms with Crippen molar-refractivity contribution in [2.45, 2.75) is 58.3 Å². The summed E-state index contributed by atoms with van der Waals surface area (Å²) in [6.07, 6.45) is 6.85. The van der Waals surface area contributed by atoms with Crippen molar-refractivity contribution in [3.8, 4) is 6.07 Å². The zero-order chi connectivity index (χ0) is 22.7. The lowest BCUT2D eigenvalue weighted by molar-refractivity contribution is -0.0178. The van der Waals surface area contributed by atoms with Crippen molar-refractivity contribution in [3.63, 3.8) is 0 Å². The summed E-state index contributed by atoms with van der Waals surface area (Å²) in [6, 6.07) is 2.70. The first-order valence-corrected chi connectivity index (χ1v) is 11.3. The van der Waals surface area contributed by atoms with Crippen molar-refractivity contribution in [1.29, 1.82) is 5.26 Å². The second-order valence-electron chi connectivity index (χ2n) is 9.13. The van der Waals surface area contributed by atoms with Crippen LogP contribution >= 0.6 is 0 Å². The maximum absolute atomic E-state index is 9.16. The van der Waals surface area contributed by atoms with Crippen molar-refractivity contribution in [3.05, 3.63) is 46.3 Å². The van der Waals surface area contributed by atoms with Crippen LogP contribution < -0.4 is 4.90 Å². The Bertz CT molecular complexity index is 1390. The Labute approximate surface area is 191 Å². The van der Waals surface area contributed by atoms with Crippen LogP contribution in [0.2, 0.25) is 0 Å². The average Bonchev–Trinajstić information content (AvgIpc) is 3.50. The molecule has 33 heavy (non-hydrogen) atoms. The summed E-state index contributed by atoms with van der Waals surface area (Å²) in [5.41, 5.74) is 9.33. The minimum atomic E-state index is -0.108. The summed E-state index contributed by atoms with van der Waals surface area (Å²) in [5, 5.41) is 13.7. The van der Waals surface area contributed by atoms with Crippen LogP contribution in [-0.2, 0) is 4.74 Å². The van der Waals surface area contributed by atoms with Crippen LogP contribution in [0.4, 0.5) is 5.95 Å². The minimum absolute atomic E-state index is 0.00890. The molecule has 1 saturated heterocycles. The fourth-order valence-corrected chi connectivity index (χ4v) is 4.36. The lowest BCUT2D eigenvalue weighted by Crippen LogP contribution is -2.43. The number of hydrogen-bond acceptors (Lipinski definition) is 8. The van der Waals surface area contributed by atoms with Gasteiger partial charge in [-0.15, -0.1) is 0 Å². The second kappa shape index (κ2) is 7.48. The van der Waals surface area contributed by atoms with E-state index in [1.165, 1.54) is 12.8 Å². The molecule has 1 aliphatic heterocycles. The number of anilines is 1. The summed E-state index contributed by atoms with van der Waals surface area (Å²) >= 11 is 0. The van der Waals surface area contributed by atoms with Gasteiger partial charge in [0, 0.05) is 30.3 Å². The fraction of sp³-hybridized carbons (Fsp3) is 0.458. The van der Waals surface area contributed by atoms with Crippen LogP contribution in [0, 0.1) is 25.2 Å². The molecule has 0 spiro atoms. The molecular weight excluding hydrogens is 416 g/mol. The molecule has 3 aliphatic rings. The summed E-state index contributed by atoms with van der Waals surface area (Å²) in [7, 11) is 0. The van der Waals surface area contributed by atoms with Gasteiger partial charge in [-0.1, -0.05) is 5.73 Å². The number of rotatable bonds is 4. The molecule has 9 heteroatoms. The molecule has 3 aromatic rings. The lowest BCUT2D eigenvalue weighted by Gasteiger charge is -2.36. The quantitative estimate of drug-likeness (QED) is 0.569. The molecule has 166 valence electrons. The van der Waals surface area contributed by atoms with Crippen molar-refractivity contribution in [1.82, 2.24) is 29.7 Å². The predicted octanol–water partition coefficient (Wildman–Crippen LogP) is 3.37. The van der Waals surface area contributed by atoms with Gasteiger partial charge in [-0.2, -0.15) is 15.3 Å². The smallest absolute Gasteiger partial charge is 0.228 e. The maximum Gasteiger partial charge on any atom is 0.228 e. The van der Waals surface area contributed by atoms with Gasteiger partial charge in [0.1, 0.15) is 23.4 Å². The molecule has 6 rings (SSSR count). The van der Waals surface area contributed by atoms with Gasteiger partial charge < -0.3 is 9.64 Å². The first-order valence-electron chi connectivity index (χ1n) is 11.3. The third kappa shape index (κ3) is 3.58. The summed E-state index contributed by atoms with van der Waals surface area (Å²) in [6.45, 7) is 7.23. The SMILES string of the molecule is Cc1nc2nc(N3C[C@@H](C)O[C@@H](c4cnn(C5CC5)c4)C3)nc(C3=C=C(C#N)C3)c2nc1C. The van der Waals surface area contributed by atoms with Crippen molar-refractivity contribution < 1.29 is 4.74 Å². The van der Waals surface area contributed by atoms with Crippen molar-refractivity contribution in [2.75, 3.05) is 18.0 Å². The first kappa shape index (κ1) is 20.0. The Balaban J connectivity index is 1.40. The number of morpholine rings is 1. The second-order valence-corrected chi connectivity index (χ2v) is 9.13. The van der Waals surface area contributed by atoms with Gasteiger partial charge >= 0.3 is 0 Å². The molecule has 2 aliphatic carbocycles. The van der Waals surface area contributed by atoms with E-state index in [0.717, 1.165) is 22.5 Å². The highest BCUT2D eigenvalue weighted by Crippen LogP contribution is 2.36. The predicted molar refractivity (Wildman–Crippen MR) is 121 cm³/mol. The normalized spacial score (nSPS) is 22.5. The van der Waals surface area contributed by atoms with Gasteiger partial charge in [-0.3, -0.25) is 4.68 Å². The monoisotopic (exact) mass is 440 g/mol. The van der Waals surface area contributed by atoms with E-state index in [2.05, 4.69) is 39.6 Å². The zero-order valence-electron chi connectivity index (χ0n) is 18.9. The Morgan fingerprint density at radius 2 is 1.91 bits per heavy atom. The molecule has 9 nitrogen and oxygen atoms in total. The lowest BCUT2D eigenvalue weighted by atomic mass is 9.95. The maximum atomic E-state index is 9.16. The number of nitrogens with zero attached hydrogens (tertiary/aromatic N) is 8. The Hall–Kier alpha value is -3.60. The van der Waals surface area contributed by atoms with E-state index in [-0.39, 0.29) is 12.2 Å². The molecule has 2 fully saturated rings. The molecular formula is C24H24N8O. The van der Waals surface area contributed by atoms with Gasteiger partial charge in [0.05, 0.1) is 41.8 Å². The van der Waals surface area contributed by atoms with Gasteiger partial charge in [-0.05, 0) is 33.6 Å². The fourth-order valence-electron chi connectivity index (χ4n) is 4.36. The third-order valence-electron chi connectivity index (χ3n) is 6.46. The standard InChI is InChI=1S/C24H24N8O/c1-13-10-31(12-20(33-13)18-9-26-32(11-18)19-4-5-19)24-29-21(17-6-16(7-17)8-25)22-23(30-24)28-15(3)14(2)27-22/h9,11,13,19-20H,4-6,10,12H2,1-3H3/t13-,20-/m1/s1. The van der Waals surface area contributed by atoms with Gasteiger partial charge in [0.15, 0.2) is 5.65 Å². The number of aryl methyl sites for hydroxylation is 2. The Kier molecular flexibility index (Phi) is 4.54. The molecule has 3 aromatic heterocycles. The number of hydrogen-bond donors (Lipinski definition) is 0. The van der Waals surface area contributed by atoms with Crippen molar-refractivity contribution in [2.24, 2.45) is 0 Å². The van der Waals surface area contributed by atoms with Crippen LogP contribution in [0.5, 0.6) is 0 Å². The summed E-state index contributed by atoms with van der Waals surface area (Å²) < 4.78 is 8.31. The van der Waals surface area contributed by atoms with E-state index >= 15 is 0 Å². The van der Waals surface area contributed by atoms with Gasteiger partial charge in [0.2, 0.25) is 5.95 Å². The number of nitriles is 1. The summed E-state index contributed by atoms with van der Waals surface area (Å²) in [5.74, 6) is 0.601. The largest absolute Gasteiger partial charge is 0.367 e. The van der Waals surface area contributed by atoms with Gasteiger partial charge in [-0.25, -0.2) is 15.0 Å². The molecule has 0 aromatic carbocycles. The van der Waals surface area contributed by atoms with Crippen LogP contribution in [0.1, 0.15) is 61.0 Å². The zero-order valence-corrected chi connectivity index (χ0v) is 18.9. The van der Waals surface area contributed by atoms with E-state index in [0.29, 0.717) is 53.9 Å². The topological polar surface area (TPSA) is 106 Å². The van der Waals surface area contributed by atoms with E-state index in [9.17, 15) is 0 Å². The molecule has 2 atom stereocenters. The molecule has 0 amide bonds. The molecule has 0 bridgehead atoms. The number of allylic oxidation sites excluding steroid dienone is 1. The molecule has 0 radical (unpaired) electrons. The number of fused-ring (bicyclic) bond motifs is 1. The summed E-state index contributed by atoms with van der Waals surface area (Å²) in [4.78, 5) is 21.3. The Morgan fingerprint density at radius 1 is 1.12 bits per heavy atom. The van der Waals surface area contributed by atoms with Gasteiger partial charge in [0.25, 0.3) is 0 Å². The van der Waals surface area contributed by atoms with E-state index in [1.54, 1.807) is 0 Å². The highest BCUT2D eigenvalue weighted by Gasteiger charge is 2.32. The van der Waals surface area contributed by atoms with Crippen LogP contribution in [0.25, 0.3) is 16.7 Å². The highest BCUT2D eigenvalue weighted by molar-refractivity contribution is 5.88. The third-order valence-corrected chi connectivity index (χ3v) is 6.46. The molecule has 1 saturated carbocycles. The highest BCUT2D eigenvalue weighted by atomic mass is 16.5. The number of ether oxygens (including phenoxy) is 1. The van der Waals surface area contributed by atoms with Crippen LogP contribution in [0.3, 0.4) is 0 Å². The van der Waals surface area contributed by atoms with E-state index in [1.807, 2.05) is 20.0 Å². The minimum Gasteiger partial charge on any atom is -0.367 e. The van der Waals surface area contributed by atoms with Crippen molar-refractivity contribution >= 4 is 22.7 Å². The molecule has 4 heterocycles. The first-order chi connectivity index (χ1) is 16.0. The van der Waals surface area contributed by atoms with Crippen LogP contribution in [-0.4, -0.2) is 48.9 Å². The average molecular weight is 441 g/mol. The van der Waals surface area contributed by atoms with E-state index in [4.69, 9.17) is 29.9 Å². The molecule has 0 N–H and O–H groups in total. The number of aromatic nitrogens is 6.